The Balaban J connectivity index is 1.99. The predicted molar refractivity (Wildman–Crippen MR) is 56.5 cm³/mol. The largest absolute Gasteiger partial charge is 0.383 e. The summed E-state index contributed by atoms with van der Waals surface area (Å²) in [5, 5.41) is 2.90. The first-order valence-corrected chi connectivity index (χ1v) is 5.58. The van der Waals surface area contributed by atoms with Crippen LogP contribution in [0, 0.1) is 5.92 Å². The number of carbonyl (C=O) groups is 1. The molecule has 14 heavy (non-hydrogen) atoms. The van der Waals surface area contributed by atoms with Crippen molar-refractivity contribution in [1.29, 1.82) is 0 Å². The summed E-state index contributed by atoms with van der Waals surface area (Å²) in [5.74, 6) is 0.462. The van der Waals surface area contributed by atoms with Gasteiger partial charge in [0, 0.05) is 19.6 Å². The lowest BCUT2D eigenvalue weighted by molar-refractivity contribution is -0.127. The standard InChI is InChI=1S/C10H18ClNO2/c1-14-7-9(11)5-6-12-10(13)8-3-2-4-8/h8-9H,2-7H2,1H3,(H,12,13). The second kappa shape index (κ2) is 6.25. The number of ether oxygens (including phenoxy) is 1. The molecule has 4 heteroatoms. The molecule has 1 aliphatic rings. The second-order valence-electron chi connectivity index (χ2n) is 3.76. The summed E-state index contributed by atoms with van der Waals surface area (Å²) < 4.78 is 4.90. The molecule has 0 aromatic heterocycles. The topological polar surface area (TPSA) is 38.3 Å². The summed E-state index contributed by atoms with van der Waals surface area (Å²) in [6.45, 7) is 1.20. The Bertz CT molecular complexity index is 183. The number of nitrogens with one attached hydrogen (secondary N) is 1. The van der Waals surface area contributed by atoms with E-state index < -0.39 is 0 Å². The predicted octanol–water partition coefficient (Wildman–Crippen LogP) is 1.55. The highest BCUT2D eigenvalue weighted by atomic mass is 35.5. The summed E-state index contributed by atoms with van der Waals surface area (Å²) in [7, 11) is 1.63. The van der Waals surface area contributed by atoms with Crippen molar-refractivity contribution in [2.75, 3.05) is 20.3 Å². The van der Waals surface area contributed by atoms with Gasteiger partial charge in [0.05, 0.1) is 12.0 Å². The minimum absolute atomic E-state index is 0.00157. The van der Waals surface area contributed by atoms with Crippen LogP contribution in [0.5, 0.6) is 0 Å². The lowest BCUT2D eigenvalue weighted by Gasteiger charge is -2.24. The number of carbonyl (C=O) groups excluding carboxylic acids is 1. The highest BCUT2D eigenvalue weighted by Crippen LogP contribution is 2.26. The number of methoxy groups -OCH3 is 1. The molecule has 0 radical (unpaired) electrons. The van der Waals surface area contributed by atoms with Crippen molar-refractivity contribution in [1.82, 2.24) is 5.32 Å². The van der Waals surface area contributed by atoms with Gasteiger partial charge >= 0.3 is 0 Å². The van der Waals surface area contributed by atoms with Crippen LogP contribution in [0.3, 0.4) is 0 Å². The third-order valence-corrected chi connectivity index (χ3v) is 2.92. The van der Waals surface area contributed by atoms with Crippen molar-refractivity contribution in [2.24, 2.45) is 5.92 Å². The van der Waals surface area contributed by atoms with Crippen LogP contribution in [0.25, 0.3) is 0 Å². The maximum absolute atomic E-state index is 11.4. The molecule has 0 aliphatic heterocycles. The Labute approximate surface area is 90.1 Å². The number of hydrogen-bond acceptors (Lipinski definition) is 2. The quantitative estimate of drug-likeness (QED) is 0.689. The van der Waals surface area contributed by atoms with Crippen LogP contribution in [0.1, 0.15) is 25.7 Å². The van der Waals surface area contributed by atoms with Gasteiger partial charge < -0.3 is 10.1 Å². The Morgan fingerprint density at radius 2 is 2.36 bits per heavy atom. The molecule has 1 fully saturated rings. The Morgan fingerprint density at radius 1 is 1.64 bits per heavy atom. The van der Waals surface area contributed by atoms with E-state index in [1.54, 1.807) is 7.11 Å². The van der Waals surface area contributed by atoms with E-state index in [2.05, 4.69) is 5.32 Å². The van der Waals surface area contributed by atoms with Gasteiger partial charge in [0.1, 0.15) is 0 Å². The summed E-state index contributed by atoms with van der Waals surface area (Å²) in [4.78, 5) is 11.4. The second-order valence-corrected chi connectivity index (χ2v) is 4.38. The molecule has 0 bridgehead atoms. The molecular weight excluding hydrogens is 202 g/mol. The molecule has 1 atom stereocenters. The van der Waals surface area contributed by atoms with Gasteiger partial charge in [-0.3, -0.25) is 4.79 Å². The highest BCUT2D eigenvalue weighted by Gasteiger charge is 2.24. The fourth-order valence-corrected chi connectivity index (χ4v) is 1.67. The molecule has 1 N–H and O–H groups in total. The van der Waals surface area contributed by atoms with E-state index in [0.717, 1.165) is 19.3 Å². The lowest BCUT2D eigenvalue weighted by Crippen LogP contribution is -2.35. The van der Waals surface area contributed by atoms with E-state index in [9.17, 15) is 4.79 Å². The maximum Gasteiger partial charge on any atom is 0.223 e. The molecule has 0 aromatic rings. The molecule has 0 saturated heterocycles. The maximum atomic E-state index is 11.4. The van der Waals surface area contributed by atoms with Gasteiger partial charge in [-0.2, -0.15) is 0 Å². The van der Waals surface area contributed by atoms with Gasteiger partial charge in [-0.25, -0.2) is 0 Å². The van der Waals surface area contributed by atoms with E-state index in [0.29, 0.717) is 13.2 Å². The molecule has 1 aliphatic carbocycles. The van der Waals surface area contributed by atoms with Crippen molar-refractivity contribution in [3.05, 3.63) is 0 Å². The average Bonchev–Trinajstić information content (AvgIpc) is 2.01. The smallest absolute Gasteiger partial charge is 0.223 e. The van der Waals surface area contributed by atoms with Crippen molar-refractivity contribution < 1.29 is 9.53 Å². The van der Waals surface area contributed by atoms with E-state index in [-0.39, 0.29) is 17.2 Å². The lowest BCUT2D eigenvalue weighted by atomic mass is 9.85. The van der Waals surface area contributed by atoms with E-state index in [1.807, 2.05) is 0 Å². The van der Waals surface area contributed by atoms with E-state index in [4.69, 9.17) is 16.3 Å². The Morgan fingerprint density at radius 3 is 2.86 bits per heavy atom. The normalized spacial score (nSPS) is 18.7. The fraction of sp³-hybridized carbons (Fsp3) is 0.900. The molecular formula is C10H18ClNO2. The van der Waals surface area contributed by atoms with Gasteiger partial charge in [-0.15, -0.1) is 11.6 Å². The molecule has 1 saturated carbocycles. The van der Waals surface area contributed by atoms with Crippen molar-refractivity contribution in [2.45, 2.75) is 31.1 Å². The van der Waals surface area contributed by atoms with Crippen LogP contribution >= 0.6 is 11.6 Å². The van der Waals surface area contributed by atoms with Crippen molar-refractivity contribution in [3.63, 3.8) is 0 Å². The first-order chi connectivity index (χ1) is 6.74. The highest BCUT2D eigenvalue weighted by molar-refractivity contribution is 6.20. The number of halogens is 1. The average molecular weight is 220 g/mol. The summed E-state index contributed by atoms with van der Waals surface area (Å²) in [5.41, 5.74) is 0. The van der Waals surface area contributed by atoms with Crippen LogP contribution < -0.4 is 5.32 Å². The van der Waals surface area contributed by atoms with Crippen LogP contribution in [0.4, 0.5) is 0 Å². The van der Waals surface area contributed by atoms with Crippen LogP contribution in [0.2, 0.25) is 0 Å². The number of rotatable bonds is 6. The number of amides is 1. The van der Waals surface area contributed by atoms with Gasteiger partial charge in [-0.05, 0) is 19.3 Å². The Hall–Kier alpha value is -0.280. The monoisotopic (exact) mass is 219 g/mol. The van der Waals surface area contributed by atoms with E-state index >= 15 is 0 Å². The first kappa shape index (κ1) is 11.8. The molecule has 1 unspecified atom stereocenters. The molecule has 0 aromatic carbocycles. The minimum Gasteiger partial charge on any atom is -0.383 e. The van der Waals surface area contributed by atoms with Gasteiger partial charge in [0.2, 0.25) is 5.91 Å². The zero-order valence-corrected chi connectivity index (χ0v) is 9.35. The first-order valence-electron chi connectivity index (χ1n) is 5.14. The molecule has 0 heterocycles. The number of alkyl halides is 1. The summed E-state index contributed by atoms with van der Waals surface area (Å²) in [6.07, 6.45) is 4.07. The molecule has 1 rings (SSSR count). The van der Waals surface area contributed by atoms with Crippen LogP contribution in [-0.2, 0) is 9.53 Å². The van der Waals surface area contributed by atoms with Crippen LogP contribution in [-0.4, -0.2) is 31.5 Å². The van der Waals surface area contributed by atoms with Gasteiger partial charge in [-0.1, -0.05) is 6.42 Å². The zero-order chi connectivity index (χ0) is 10.4. The minimum atomic E-state index is 0.00157. The molecule has 82 valence electrons. The van der Waals surface area contributed by atoms with Crippen molar-refractivity contribution in [3.8, 4) is 0 Å². The van der Waals surface area contributed by atoms with Crippen molar-refractivity contribution >= 4 is 17.5 Å². The zero-order valence-electron chi connectivity index (χ0n) is 8.59. The Kier molecular flexibility index (Phi) is 5.26. The summed E-state index contributed by atoms with van der Waals surface area (Å²) in [6, 6.07) is 0. The van der Waals surface area contributed by atoms with Gasteiger partial charge in [0.15, 0.2) is 0 Å². The van der Waals surface area contributed by atoms with E-state index in [1.165, 1.54) is 6.42 Å². The molecule has 1 amide bonds. The molecule has 3 nitrogen and oxygen atoms in total. The van der Waals surface area contributed by atoms with Crippen LogP contribution in [0.15, 0.2) is 0 Å². The summed E-state index contributed by atoms with van der Waals surface area (Å²) >= 11 is 5.92. The van der Waals surface area contributed by atoms with Gasteiger partial charge in [0.25, 0.3) is 0 Å². The third-order valence-electron chi connectivity index (χ3n) is 2.58. The number of hydrogen-bond donors (Lipinski definition) is 1. The fourth-order valence-electron chi connectivity index (χ4n) is 1.43. The SMILES string of the molecule is COCC(Cl)CCNC(=O)C1CCC1. The third kappa shape index (κ3) is 3.84. The molecule has 0 spiro atoms.